The first-order chi connectivity index (χ1) is 11.8. The average Bonchev–Trinajstić information content (AvgIpc) is 3.01. The highest BCUT2D eigenvalue weighted by atomic mass is 32.1. The summed E-state index contributed by atoms with van der Waals surface area (Å²) in [7, 11) is 0. The number of nitrogens with zero attached hydrogens (tertiary/aromatic N) is 2. The van der Waals surface area contributed by atoms with Crippen LogP contribution in [0.3, 0.4) is 0 Å². The minimum atomic E-state index is 0.0467. The normalized spacial score (nSPS) is 17.1. The van der Waals surface area contributed by atoms with Crippen LogP contribution in [0.5, 0.6) is 0 Å². The lowest BCUT2D eigenvalue weighted by Gasteiger charge is -2.14. The molecule has 1 amide bonds. The molecular weight excluding hydrogens is 318 g/mol. The quantitative estimate of drug-likeness (QED) is 0.894. The molecule has 2 aromatic rings. The molecule has 0 atom stereocenters. The number of hydrogen-bond acceptors (Lipinski definition) is 4. The Hall–Kier alpha value is -2.01. The molecule has 5 heteroatoms. The second-order valence-electron chi connectivity index (χ2n) is 6.42. The molecule has 4 nitrogen and oxygen atoms in total. The van der Waals surface area contributed by atoms with Crippen molar-refractivity contribution in [3.63, 3.8) is 0 Å². The first-order valence-electron chi connectivity index (χ1n) is 8.75. The maximum Gasteiger partial charge on any atom is 0.251 e. The zero-order valence-electron chi connectivity index (χ0n) is 13.7. The van der Waals surface area contributed by atoms with Gasteiger partial charge in [-0.15, -0.1) is 11.3 Å². The molecule has 2 heterocycles. The van der Waals surface area contributed by atoms with Gasteiger partial charge in [0.25, 0.3) is 5.91 Å². The molecule has 124 valence electrons. The van der Waals surface area contributed by atoms with Crippen LogP contribution in [-0.4, -0.2) is 15.9 Å². The molecule has 2 aliphatic carbocycles. The number of thiophene rings is 1. The molecule has 0 unspecified atom stereocenters. The summed E-state index contributed by atoms with van der Waals surface area (Å²) in [4.78, 5) is 22.9. The number of anilines is 1. The topological polar surface area (TPSA) is 54.9 Å². The summed E-state index contributed by atoms with van der Waals surface area (Å²) < 4.78 is 0. The molecule has 0 saturated heterocycles. The first kappa shape index (κ1) is 15.5. The van der Waals surface area contributed by atoms with E-state index in [4.69, 9.17) is 0 Å². The number of fused-ring (bicyclic) bond motifs is 1. The number of allylic oxidation sites excluding steroid dienone is 1. The van der Waals surface area contributed by atoms with Gasteiger partial charge in [0.15, 0.2) is 5.82 Å². The number of amides is 1. The van der Waals surface area contributed by atoms with Gasteiger partial charge in [-0.05, 0) is 63.0 Å². The van der Waals surface area contributed by atoms with E-state index < -0.39 is 0 Å². The fourth-order valence-electron chi connectivity index (χ4n) is 3.55. The number of carbonyl (C=O) groups is 1. The minimum Gasteiger partial charge on any atom is -0.313 e. The summed E-state index contributed by atoms with van der Waals surface area (Å²) in [5, 5.41) is 4.09. The van der Waals surface area contributed by atoms with Crippen LogP contribution < -0.4 is 5.32 Å². The number of rotatable bonds is 3. The van der Waals surface area contributed by atoms with Gasteiger partial charge in [-0.3, -0.25) is 4.79 Å². The number of aromatic nitrogens is 2. The number of aryl methyl sites for hydroxylation is 1. The van der Waals surface area contributed by atoms with Gasteiger partial charge >= 0.3 is 0 Å². The van der Waals surface area contributed by atoms with Gasteiger partial charge in [-0.1, -0.05) is 6.08 Å². The van der Waals surface area contributed by atoms with Crippen molar-refractivity contribution in [1.29, 1.82) is 0 Å². The lowest BCUT2D eigenvalue weighted by molar-refractivity contribution is -0.113. The molecule has 24 heavy (non-hydrogen) atoms. The van der Waals surface area contributed by atoms with Crippen LogP contribution in [0.1, 0.15) is 49.0 Å². The molecular formula is C19H21N3OS. The lowest BCUT2D eigenvalue weighted by Crippen LogP contribution is -2.15. The standard InChI is InChI=1S/C19H21N3OS/c23-18(13-7-2-1-3-8-13)22-19-16(17-20-11-6-12-21-17)14-9-4-5-10-15(14)24-19/h6-7,11-12H,1-5,8-10H2,(H,22,23). The Labute approximate surface area is 146 Å². The maximum atomic E-state index is 12.7. The highest BCUT2D eigenvalue weighted by Gasteiger charge is 2.25. The summed E-state index contributed by atoms with van der Waals surface area (Å²) in [5.41, 5.74) is 3.30. The van der Waals surface area contributed by atoms with Gasteiger partial charge in [-0.2, -0.15) is 0 Å². The van der Waals surface area contributed by atoms with Gasteiger partial charge in [0.05, 0.1) is 5.56 Å². The molecule has 0 radical (unpaired) electrons. The molecule has 2 aliphatic rings. The molecule has 1 N–H and O–H groups in total. The molecule has 0 saturated carbocycles. The smallest absolute Gasteiger partial charge is 0.251 e. The van der Waals surface area contributed by atoms with E-state index in [2.05, 4.69) is 21.4 Å². The predicted octanol–water partition coefficient (Wildman–Crippen LogP) is 4.52. The van der Waals surface area contributed by atoms with Crippen molar-refractivity contribution in [2.24, 2.45) is 0 Å². The van der Waals surface area contributed by atoms with Crippen molar-refractivity contribution in [2.45, 2.75) is 51.4 Å². The molecule has 0 spiro atoms. The van der Waals surface area contributed by atoms with Crippen LogP contribution in [0.15, 0.2) is 30.1 Å². The van der Waals surface area contributed by atoms with E-state index >= 15 is 0 Å². The second-order valence-corrected chi connectivity index (χ2v) is 7.52. The van der Waals surface area contributed by atoms with E-state index in [0.717, 1.165) is 54.1 Å². The molecule has 4 rings (SSSR count). The zero-order chi connectivity index (χ0) is 16.4. The van der Waals surface area contributed by atoms with E-state index in [0.29, 0.717) is 0 Å². The third-order valence-electron chi connectivity index (χ3n) is 4.77. The molecule has 0 aromatic carbocycles. The molecule has 0 fully saturated rings. The Bertz CT molecular complexity index is 779. The van der Waals surface area contributed by atoms with Gasteiger partial charge in [0, 0.05) is 22.8 Å². The Kier molecular flexibility index (Phi) is 4.43. The van der Waals surface area contributed by atoms with E-state index in [-0.39, 0.29) is 5.91 Å². The minimum absolute atomic E-state index is 0.0467. The van der Waals surface area contributed by atoms with Gasteiger partial charge in [-0.25, -0.2) is 9.97 Å². The van der Waals surface area contributed by atoms with Crippen molar-refractivity contribution in [3.05, 3.63) is 40.5 Å². The Morgan fingerprint density at radius 2 is 1.83 bits per heavy atom. The predicted molar refractivity (Wildman–Crippen MR) is 97.2 cm³/mol. The molecule has 0 bridgehead atoms. The number of carbonyl (C=O) groups excluding carboxylic acids is 1. The Morgan fingerprint density at radius 1 is 1.04 bits per heavy atom. The molecule has 2 aromatic heterocycles. The third kappa shape index (κ3) is 3.00. The van der Waals surface area contributed by atoms with Crippen LogP contribution in [-0.2, 0) is 17.6 Å². The zero-order valence-corrected chi connectivity index (χ0v) is 14.5. The van der Waals surface area contributed by atoms with Gasteiger partial charge in [0.1, 0.15) is 5.00 Å². The van der Waals surface area contributed by atoms with E-state index in [9.17, 15) is 4.79 Å². The van der Waals surface area contributed by atoms with Crippen LogP contribution in [0.4, 0.5) is 5.00 Å². The van der Waals surface area contributed by atoms with E-state index in [1.165, 1.54) is 29.7 Å². The van der Waals surface area contributed by atoms with Crippen LogP contribution in [0.2, 0.25) is 0 Å². The summed E-state index contributed by atoms with van der Waals surface area (Å²) in [5.74, 6) is 0.773. The van der Waals surface area contributed by atoms with Crippen molar-refractivity contribution in [2.75, 3.05) is 5.32 Å². The highest BCUT2D eigenvalue weighted by molar-refractivity contribution is 7.17. The Balaban J connectivity index is 1.71. The monoisotopic (exact) mass is 339 g/mol. The lowest BCUT2D eigenvalue weighted by atomic mass is 9.95. The number of hydrogen-bond donors (Lipinski definition) is 1. The number of nitrogens with one attached hydrogen (secondary N) is 1. The van der Waals surface area contributed by atoms with Gasteiger partial charge in [0.2, 0.25) is 0 Å². The summed E-state index contributed by atoms with van der Waals surface area (Å²) in [6.45, 7) is 0. The van der Waals surface area contributed by atoms with Crippen molar-refractivity contribution < 1.29 is 4.79 Å². The second kappa shape index (κ2) is 6.85. The summed E-state index contributed by atoms with van der Waals surface area (Å²) >= 11 is 1.71. The Morgan fingerprint density at radius 3 is 2.62 bits per heavy atom. The third-order valence-corrected chi connectivity index (χ3v) is 5.98. The van der Waals surface area contributed by atoms with Crippen LogP contribution >= 0.6 is 11.3 Å². The van der Waals surface area contributed by atoms with Crippen molar-refractivity contribution in [1.82, 2.24) is 9.97 Å². The maximum absolute atomic E-state index is 12.7. The van der Waals surface area contributed by atoms with Gasteiger partial charge < -0.3 is 5.32 Å². The van der Waals surface area contributed by atoms with Crippen LogP contribution in [0, 0.1) is 0 Å². The first-order valence-corrected chi connectivity index (χ1v) is 9.57. The van der Waals surface area contributed by atoms with Crippen molar-refractivity contribution >= 4 is 22.2 Å². The largest absolute Gasteiger partial charge is 0.313 e. The van der Waals surface area contributed by atoms with Crippen LogP contribution in [0.25, 0.3) is 11.4 Å². The fourth-order valence-corrected chi connectivity index (χ4v) is 4.83. The summed E-state index contributed by atoms with van der Waals surface area (Å²) in [6, 6.07) is 1.83. The van der Waals surface area contributed by atoms with E-state index in [1.807, 2.05) is 6.07 Å². The molecule has 0 aliphatic heterocycles. The summed E-state index contributed by atoms with van der Waals surface area (Å²) in [6.07, 6.45) is 14.4. The fraction of sp³-hybridized carbons (Fsp3) is 0.421. The SMILES string of the molecule is O=C(Nc1sc2c(c1-c1ncccn1)CCCC2)C1=CCCCC1. The van der Waals surface area contributed by atoms with E-state index in [1.54, 1.807) is 23.7 Å². The van der Waals surface area contributed by atoms with Crippen molar-refractivity contribution in [3.8, 4) is 11.4 Å². The highest BCUT2D eigenvalue weighted by Crippen LogP contribution is 2.43. The average molecular weight is 339 g/mol.